The molecule has 4 rings (SSSR count). The van der Waals surface area contributed by atoms with Crippen LogP contribution in [0.15, 0.2) is 11.6 Å². The zero-order valence-electron chi connectivity index (χ0n) is 16.8. The molecule has 0 radical (unpaired) electrons. The molecule has 2 amide bonds. The molecule has 3 fully saturated rings. The van der Waals surface area contributed by atoms with Gasteiger partial charge in [-0.05, 0) is 44.9 Å². The van der Waals surface area contributed by atoms with E-state index < -0.39 is 5.79 Å². The molecular formula is C20H31NO5. The predicted molar refractivity (Wildman–Crippen MR) is 95.7 cm³/mol. The van der Waals surface area contributed by atoms with E-state index in [1.165, 1.54) is 17.4 Å². The molecule has 26 heavy (non-hydrogen) atoms. The van der Waals surface area contributed by atoms with Crippen molar-refractivity contribution in [3.8, 4) is 0 Å². The summed E-state index contributed by atoms with van der Waals surface area (Å²) in [4.78, 5) is 37.1. The molecule has 4 unspecified atom stereocenters. The normalized spacial score (nSPS) is 35.2. The number of amides is 2. The SMILES string of the molecule is COC(C)(CCN1C(=O)C=C(C)C1=O)OOC12CC(CCC1C)C2(C)C. The van der Waals surface area contributed by atoms with E-state index in [2.05, 4.69) is 20.8 Å². The topological polar surface area (TPSA) is 65.1 Å². The largest absolute Gasteiger partial charge is 0.351 e. The van der Waals surface area contributed by atoms with Gasteiger partial charge in [-0.2, -0.15) is 0 Å². The first kappa shape index (κ1) is 19.5. The van der Waals surface area contributed by atoms with Gasteiger partial charge in [0.05, 0.1) is 0 Å². The Bertz CT molecular complexity index is 642. The summed E-state index contributed by atoms with van der Waals surface area (Å²) in [5, 5.41) is 0. The number of nitrogens with zero attached hydrogens (tertiary/aromatic N) is 1. The lowest BCUT2D eigenvalue weighted by molar-refractivity contribution is -0.506. The van der Waals surface area contributed by atoms with Crippen LogP contribution in [0, 0.1) is 17.3 Å². The van der Waals surface area contributed by atoms with Crippen LogP contribution in [0.3, 0.4) is 0 Å². The van der Waals surface area contributed by atoms with E-state index in [0.29, 0.717) is 23.8 Å². The Morgan fingerprint density at radius 3 is 2.50 bits per heavy atom. The fourth-order valence-electron chi connectivity index (χ4n) is 4.81. The summed E-state index contributed by atoms with van der Waals surface area (Å²) in [5.41, 5.74) is 0.234. The van der Waals surface area contributed by atoms with Crippen molar-refractivity contribution in [1.82, 2.24) is 4.90 Å². The Kier molecular flexibility index (Phi) is 4.83. The van der Waals surface area contributed by atoms with Gasteiger partial charge < -0.3 is 4.74 Å². The summed E-state index contributed by atoms with van der Waals surface area (Å²) in [5.74, 6) is -0.474. The van der Waals surface area contributed by atoms with Crippen LogP contribution < -0.4 is 0 Å². The highest BCUT2D eigenvalue weighted by Gasteiger charge is 2.67. The number of hydrogen-bond donors (Lipinski definition) is 0. The van der Waals surface area contributed by atoms with Crippen LogP contribution in [0.25, 0.3) is 0 Å². The fraction of sp³-hybridized carbons (Fsp3) is 0.800. The third-order valence-corrected chi connectivity index (χ3v) is 7.18. The van der Waals surface area contributed by atoms with Gasteiger partial charge in [-0.1, -0.05) is 20.8 Å². The molecule has 1 aliphatic heterocycles. The van der Waals surface area contributed by atoms with E-state index >= 15 is 0 Å². The zero-order valence-corrected chi connectivity index (χ0v) is 16.8. The van der Waals surface area contributed by atoms with E-state index in [-0.39, 0.29) is 29.4 Å². The van der Waals surface area contributed by atoms with E-state index in [1.807, 2.05) is 0 Å². The summed E-state index contributed by atoms with van der Waals surface area (Å²) >= 11 is 0. The Balaban J connectivity index is 1.62. The minimum Gasteiger partial charge on any atom is -0.351 e. The number of hydrogen-bond acceptors (Lipinski definition) is 5. The molecular weight excluding hydrogens is 334 g/mol. The predicted octanol–water partition coefficient (Wildman–Crippen LogP) is 3.22. The second kappa shape index (κ2) is 6.43. The second-order valence-corrected chi connectivity index (χ2v) is 8.87. The van der Waals surface area contributed by atoms with Gasteiger partial charge in [0.25, 0.3) is 11.8 Å². The highest BCUT2D eigenvalue weighted by molar-refractivity contribution is 6.15. The van der Waals surface area contributed by atoms with E-state index in [1.54, 1.807) is 21.0 Å². The van der Waals surface area contributed by atoms with Crippen molar-refractivity contribution in [1.29, 1.82) is 0 Å². The number of ether oxygens (including phenoxy) is 1. The van der Waals surface area contributed by atoms with E-state index in [4.69, 9.17) is 14.5 Å². The molecule has 0 aromatic heterocycles. The lowest BCUT2D eigenvalue weighted by atomic mass is 9.43. The van der Waals surface area contributed by atoms with Crippen molar-refractivity contribution in [2.75, 3.05) is 13.7 Å². The number of methoxy groups -OCH3 is 1. The number of carbonyl (C=O) groups excluding carboxylic acids is 2. The lowest BCUT2D eigenvalue weighted by Gasteiger charge is -2.66. The monoisotopic (exact) mass is 365 g/mol. The van der Waals surface area contributed by atoms with Gasteiger partial charge in [0.2, 0.25) is 0 Å². The number of rotatable bonds is 7. The highest BCUT2D eigenvalue weighted by atomic mass is 17.2. The number of carbonyl (C=O) groups is 2. The first-order valence-electron chi connectivity index (χ1n) is 9.52. The fourth-order valence-corrected chi connectivity index (χ4v) is 4.81. The molecule has 146 valence electrons. The van der Waals surface area contributed by atoms with Gasteiger partial charge in [0.15, 0.2) is 5.79 Å². The minimum atomic E-state index is -1.02. The van der Waals surface area contributed by atoms with Gasteiger partial charge in [-0.15, -0.1) is 0 Å². The van der Waals surface area contributed by atoms with Gasteiger partial charge in [-0.25, -0.2) is 9.78 Å². The van der Waals surface area contributed by atoms with E-state index in [0.717, 1.165) is 12.8 Å². The molecule has 1 heterocycles. The summed E-state index contributed by atoms with van der Waals surface area (Å²) in [6.45, 7) is 10.4. The quantitative estimate of drug-likeness (QED) is 0.300. The maximum atomic E-state index is 12.0. The maximum Gasteiger partial charge on any atom is 0.256 e. The summed E-state index contributed by atoms with van der Waals surface area (Å²) in [6, 6.07) is 0. The number of imide groups is 1. The standard InChI is InChI=1S/C20H31NO5/c1-13-11-16(22)21(17(13)23)10-9-19(5,24-6)25-26-20-12-15(18(20,3)4)8-7-14(20)2/h11,14-15H,7-10,12H2,1-6H3. The summed E-state index contributed by atoms with van der Waals surface area (Å²) in [6.07, 6.45) is 5.10. The molecule has 2 bridgehead atoms. The average Bonchev–Trinajstić information content (AvgIpc) is 2.84. The molecule has 3 saturated carbocycles. The molecule has 3 aliphatic carbocycles. The molecule has 6 nitrogen and oxygen atoms in total. The molecule has 4 atom stereocenters. The Hall–Kier alpha value is -1.24. The third-order valence-electron chi connectivity index (χ3n) is 7.18. The van der Waals surface area contributed by atoms with Crippen molar-refractivity contribution in [2.24, 2.45) is 17.3 Å². The number of fused-ring (bicyclic) bond motifs is 2. The molecule has 4 aliphatic rings. The zero-order chi connectivity index (χ0) is 19.3. The van der Waals surface area contributed by atoms with Crippen LogP contribution in [0.1, 0.15) is 60.3 Å². The smallest absolute Gasteiger partial charge is 0.256 e. The van der Waals surface area contributed by atoms with Crippen molar-refractivity contribution >= 4 is 11.8 Å². The van der Waals surface area contributed by atoms with Crippen LogP contribution in [-0.2, 0) is 24.1 Å². The molecule has 0 aromatic carbocycles. The van der Waals surface area contributed by atoms with Crippen molar-refractivity contribution in [3.05, 3.63) is 11.6 Å². The maximum absolute atomic E-state index is 12.0. The summed E-state index contributed by atoms with van der Waals surface area (Å²) < 4.78 is 5.54. The van der Waals surface area contributed by atoms with Crippen LogP contribution in [-0.4, -0.2) is 41.8 Å². The average molecular weight is 365 g/mol. The molecule has 6 heteroatoms. The van der Waals surface area contributed by atoms with Crippen molar-refractivity contribution < 1.29 is 24.1 Å². The summed E-state index contributed by atoms with van der Waals surface area (Å²) in [7, 11) is 1.55. The highest BCUT2D eigenvalue weighted by Crippen LogP contribution is 2.66. The molecule has 0 N–H and O–H groups in total. The molecule has 0 aromatic rings. The Morgan fingerprint density at radius 1 is 1.31 bits per heavy atom. The Morgan fingerprint density at radius 2 is 2.00 bits per heavy atom. The third kappa shape index (κ3) is 2.83. The van der Waals surface area contributed by atoms with Gasteiger partial charge in [-0.3, -0.25) is 14.5 Å². The van der Waals surface area contributed by atoms with Gasteiger partial charge >= 0.3 is 0 Å². The van der Waals surface area contributed by atoms with Gasteiger partial charge in [0.1, 0.15) is 5.60 Å². The van der Waals surface area contributed by atoms with Crippen LogP contribution >= 0.6 is 0 Å². The van der Waals surface area contributed by atoms with Crippen LogP contribution in [0.5, 0.6) is 0 Å². The van der Waals surface area contributed by atoms with Crippen LogP contribution in [0.2, 0.25) is 0 Å². The van der Waals surface area contributed by atoms with Crippen molar-refractivity contribution in [3.63, 3.8) is 0 Å². The Labute approximate surface area is 155 Å². The lowest BCUT2D eigenvalue weighted by Crippen LogP contribution is -2.68. The van der Waals surface area contributed by atoms with Crippen molar-refractivity contribution in [2.45, 2.75) is 71.7 Å². The van der Waals surface area contributed by atoms with E-state index in [9.17, 15) is 9.59 Å². The van der Waals surface area contributed by atoms with Gasteiger partial charge in [0, 0.05) is 37.1 Å². The minimum absolute atomic E-state index is 0.0707. The molecule has 0 saturated heterocycles. The molecule has 0 spiro atoms. The first-order valence-corrected chi connectivity index (χ1v) is 9.52. The second-order valence-electron chi connectivity index (χ2n) is 8.87. The first-order chi connectivity index (χ1) is 12.1. The van der Waals surface area contributed by atoms with Crippen LogP contribution in [0.4, 0.5) is 0 Å².